The Hall–Kier alpha value is -3.24. The number of hydrogen-bond acceptors (Lipinski definition) is 1. The zero-order valence-electron chi connectivity index (χ0n) is 14.6. The van der Waals surface area contributed by atoms with E-state index in [2.05, 4.69) is 64.9 Å². The molecule has 0 N–H and O–H groups in total. The van der Waals surface area contributed by atoms with Crippen LogP contribution in [-0.2, 0) is 0 Å². The summed E-state index contributed by atoms with van der Waals surface area (Å²) in [5.74, 6) is 0. The topological polar surface area (TPSA) is 3.24 Å². The van der Waals surface area contributed by atoms with Crippen LogP contribution >= 0.6 is 0 Å². The number of rotatable bonds is 4. The highest BCUT2D eigenvalue weighted by Crippen LogP contribution is 2.24. The van der Waals surface area contributed by atoms with Crippen LogP contribution in [0.1, 0.15) is 16.7 Å². The van der Waals surface area contributed by atoms with Crippen LogP contribution in [0.5, 0.6) is 0 Å². The molecule has 0 aliphatic heterocycles. The molecule has 0 spiro atoms. The molecule has 0 bridgehead atoms. The van der Waals surface area contributed by atoms with E-state index in [0.29, 0.717) is 0 Å². The van der Waals surface area contributed by atoms with E-state index < -0.39 is 0 Å². The average molecular weight is 323 g/mol. The summed E-state index contributed by atoms with van der Waals surface area (Å²) in [5.41, 5.74) is 12.2. The molecule has 1 heteroatoms. The largest absolute Gasteiger partial charge is 0.378 e. The highest BCUT2D eigenvalue weighted by molar-refractivity contribution is 5.80. The zero-order chi connectivity index (χ0) is 17.5. The maximum absolute atomic E-state index is 3.35. The molecule has 0 heterocycles. The van der Waals surface area contributed by atoms with Gasteiger partial charge in [0.15, 0.2) is 0 Å². The predicted octanol–water partition coefficient (Wildman–Crippen LogP) is 5.65. The third kappa shape index (κ3) is 4.40. The highest BCUT2D eigenvalue weighted by Gasteiger charge is 2.04. The molecule has 0 aromatic heterocycles. The van der Waals surface area contributed by atoms with Gasteiger partial charge in [-0.25, -0.2) is 0 Å². The SMILES string of the molecule is CN(C)c1ccc(C(=C=C=Cc2ccccc2)c2ccccc2)cc1. The Morgan fingerprint density at radius 1 is 0.720 bits per heavy atom. The van der Waals surface area contributed by atoms with Crippen LogP contribution in [0.4, 0.5) is 5.69 Å². The Morgan fingerprint density at radius 2 is 1.28 bits per heavy atom. The molecule has 0 amide bonds. The van der Waals surface area contributed by atoms with Gasteiger partial charge in [0, 0.05) is 25.4 Å². The zero-order valence-corrected chi connectivity index (χ0v) is 14.6. The first-order valence-electron chi connectivity index (χ1n) is 8.34. The van der Waals surface area contributed by atoms with Crippen LogP contribution in [0.3, 0.4) is 0 Å². The summed E-state index contributed by atoms with van der Waals surface area (Å²) in [5, 5.41) is 0. The molecule has 0 atom stereocenters. The van der Waals surface area contributed by atoms with E-state index in [1.807, 2.05) is 56.6 Å². The highest BCUT2D eigenvalue weighted by atomic mass is 15.1. The third-order valence-electron chi connectivity index (χ3n) is 3.97. The van der Waals surface area contributed by atoms with Crippen molar-refractivity contribution in [2.75, 3.05) is 19.0 Å². The monoisotopic (exact) mass is 323 g/mol. The van der Waals surface area contributed by atoms with E-state index in [4.69, 9.17) is 0 Å². The van der Waals surface area contributed by atoms with Crippen molar-refractivity contribution in [2.24, 2.45) is 0 Å². The van der Waals surface area contributed by atoms with Crippen LogP contribution in [0.15, 0.2) is 96.4 Å². The molecule has 122 valence electrons. The summed E-state index contributed by atoms with van der Waals surface area (Å²) in [6.45, 7) is 0. The molecule has 0 aliphatic rings. The fourth-order valence-electron chi connectivity index (χ4n) is 2.58. The molecular formula is C24H21N. The van der Waals surface area contributed by atoms with Gasteiger partial charge in [0.1, 0.15) is 0 Å². The van der Waals surface area contributed by atoms with Crippen molar-refractivity contribution >= 4 is 17.3 Å². The maximum Gasteiger partial charge on any atom is 0.0393 e. The van der Waals surface area contributed by atoms with Crippen molar-refractivity contribution in [3.05, 3.63) is 113 Å². The summed E-state index contributed by atoms with van der Waals surface area (Å²) in [4.78, 5) is 2.10. The minimum absolute atomic E-state index is 1.04. The van der Waals surface area contributed by atoms with Gasteiger partial charge in [-0.15, -0.1) is 0 Å². The fraction of sp³-hybridized carbons (Fsp3) is 0.0833. The van der Waals surface area contributed by atoms with Crippen LogP contribution in [0, 0.1) is 0 Å². The number of anilines is 1. The molecular weight excluding hydrogens is 302 g/mol. The van der Waals surface area contributed by atoms with E-state index in [0.717, 1.165) is 22.3 Å². The lowest BCUT2D eigenvalue weighted by atomic mass is 9.98. The lowest BCUT2D eigenvalue weighted by Crippen LogP contribution is -2.08. The van der Waals surface area contributed by atoms with Crippen LogP contribution in [0.2, 0.25) is 0 Å². The molecule has 3 aromatic rings. The number of benzene rings is 3. The minimum Gasteiger partial charge on any atom is -0.378 e. The third-order valence-corrected chi connectivity index (χ3v) is 3.97. The molecule has 0 fully saturated rings. The molecule has 0 unspecified atom stereocenters. The van der Waals surface area contributed by atoms with Crippen molar-refractivity contribution in [1.29, 1.82) is 0 Å². The van der Waals surface area contributed by atoms with Gasteiger partial charge in [0.05, 0.1) is 0 Å². The van der Waals surface area contributed by atoms with Gasteiger partial charge in [0.2, 0.25) is 0 Å². The van der Waals surface area contributed by atoms with Gasteiger partial charge in [-0.3, -0.25) is 0 Å². The molecule has 1 nitrogen and oxygen atoms in total. The van der Waals surface area contributed by atoms with Crippen LogP contribution in [0.25, 0.3) is 11.6 Å². The quantitative estimate of drug-likeness (QED) is 0.561. The molecule has 3 rings (SSSR count). The van der Waals surface area contributed by atoms with Gasteiger partial charge in [0.25, 0.3) is 0 Å². The van der Waals surface area contributed by atoms with Crippen molar-refractivity contribution in [3.63, 3.8) is 0 Å². The van der Waals surface area contributed by atoms with Crippen LogP contribution in [-0.4, -0.2) is 14.1 Å². The Morgan fingerprint density at radius 3 is 1.88 bits per heavy atom. The second-order valence-corrected chi connectivity index (χ2v) is 6.01. The standard InChI is InChI=1S/C24H21N/c1-25(2)23-18-16-22(17-19-23)24(21-13-7-4-8-14-21)15-9-12-20-10-5-3-6-11-20/h3-8,10-14,16-19H,1-2H3. The van der Waals surface area contributed by atoms with E-state index in [9.17, 15) is 0 Å². The summed E-state index contributed by atoms with van der Waals surface area (Å²) in [6, 6.07) is 29.0. The Labute approximate surface area is 149 Å². The first kappa shape index (κ1) is 16.6. The second-order valence-electron chi connectivity index (χ2n) is 6.01. The molecule has 25 heavy (non-hydrogen) atoms. The van der Waals surface area contributed by atoms with E-state index in [1.54, 1.807) is 0 Å². The molecule has 3 aromatic carbocycles. The molecule has 0 aliphatic carbocycles. The van der Waals surface area contributed by atoms with Gasteiger partial charge in [-0.1, -0.05) is 84.3 Å². The van der Waals surface area contributed by atoms with Gasteiger partial charge in [-0.05, 0) is 34.9 Å². The molecule has 0 radical (unpaired) electrons. The molecule has 0 saturated carbocycles. The van der Waals surface area contributed by atoms with Gasteiger partial charge in [-0.2, -0.15) is 0 Å². The summed E-state index contributed by atoms with van der Waals surface area (Å²) in [6.07, 6.45) is 1.96. The lowest BCUT2D eigenvalue weighted by molar-refractivity contribution is 1.13. The van der Waals surface area contributed by atoms with E-state index in [-0.39, 0.29) is 0 Å². The summed E-state index contributed by atoms with van der Waals surface area (Å²) in [7, 11) is 4.09. The van der Waals surface area contributed by atoms with Crippen molar-refractivity contribution < 1.29 is 0 Å². The predicted molar refractivity (Wildman–Crippen MR) is 108 cm³/mol. The van der Waals surface area contributed by atoms with Crippen molar-refractivity contribution in [1.82, 2.24) is 0 Å². The van der Waals surface area contributed by atoms with Gasteiger partial charge < -0.3 is 4.90 Å². The lowest BCUT2D eigenvalue weighted by Gasteiger charge is -2.13. The summed E-state index contributed by atoms with van der Waals surface area (Å²) < 4.78 is 0. The number of nitrogens with zero attached hydrogens (tertiary/aromatic N) is 1. The molecule has 0 saturated heterocycles. The minimum atomic E-state index is 1.04. The Bertz CT molecular complexity index is 907. The van der Waals surface area contributed by atoms with Crippen molar-refractivity contribution in [2.45, 2.75) is 0 Å². The average Bonchev–Trinajstić information content (AvgIpc) is 2.67. The maximum atomic E-state index is 3.35. The normalized spacial score (nSPS) is 9.68. The van der Waals surface area contributed by atoms with Gasteiger partial charge >= 0.3 is 0 Å². The summed E-state index contributed by atoms with van der Waals surface area (Å²) >= 11 is 0. The number of hydrogen-bond donors (Lipinski definition) is 0. The first-order chi connectivity index (χ1) is 12.2. The van der Waals surface area contributed by atoms with Crippen LogP contribution < -0.4 is 4.90 Å². The first-order valence-corrected chi connectivity index (χ1v) is 8.34. The van der Waals surface area contributed by atoms with E-state index >= 15 is 0 Å². The Balaban J connectivity index is 2.07. The Kier molecular flexibility index (Phi) is 5.34. The smallest absolute Gasteiger partial charge is 0.0393 e. The second kappa shape index (κ2) is 8.04. The van der Waals surface area contributed by atoms with Crippen molar-refractivity contribution in [3.8, 4) is 0 Å². The fourth-order valence-corrected chi connectivity index (χ4v) is 2.58. The van der Waals surface area contributed by atoms with E-state index in [1.165, 1.54) is 5.69 Å².